The van der Waals surface area contributed by atoms with Gasteiger partial charge in [-0.15, -0.1) is 11.6 Å². The molecule has 0 amide bonds. The molecule has 0 nitrogen and oxygen atoms in total. The third-order valence-corrected chi connectivity index (χ3v) is 3.08. The van der Waals surface area contributed by atoms with Gasteiger partial charge >= 0.3 is 0 Å². The standard InChI is InChI=1S/C11H23Cl/c1-5-10(6-2)11(8-12)7-9(3)4/h9-11H,5-8H2,1-4H3. The van der Waals surface area contributed by atoms with Crippen molar-refractivity contribution in [2.75, 3.05) is 5.88 Å². The van der Waals surface area contributed by atoms with Crippen LogP contribution in [0.1, 0.15) is 47.0 Å². The Morgan fingerprint density at radius 3 is 1.75 bits per heavy atom. The zero-order chi connectivity index (χ0) is 9.56. The van der Waals surface area contributed by atoms with Gasteiger partial charge in [0.2, 0.25) is 0 Å². The summed E-state index contributed by atoms with van der Waals surface area (Å²) < 4.78 is 0. The first kappa shape index (κ1) is 12.3. The summed E-state index contributed by atoms with van der Waals surface area (Å²) in [5, 5.41) is 0. The van der Waals surface area contributed by atoms with E-state index in [0.29, 0.717) is 0 Å². The second-order valence-electron chi connectivity index (χ2n) is 4.12. The Kier molecular flexibility index (Phi) is 6.93. The summed E-state index contributed by atoms with van der Waals surface area (Å²) in [7, 11) is 0. The minimum Gasteiger partial charge on any atom is -0.126 e. The van der Waals surface area contributed by atoms with E-state index in [1.165, 1.54) is 19.3 Å². The van der Waals surface area contributed by atoms with E-state index in [1.54, 1.807) is 0 Å². The molecule has 0 radical (unpaired) electrons. The molecule has 0 N–H and O–H groups in total. The molecule has 0 bridgehead atoms. The van der Waals surface area contributed by atoms with Gasteiger partial charge in [0.1, 0.15) is 0 Å². The van der Waals surface area contributed by atoms with Gasteiger partial charge in [0.25, 0.3) is 0 Å². The van der Waals surface area contributed by atoms with Crippen molar-refractivity contribution < 1.29 is 0 Å². The van der Waals surface area contributed by atoms with E-state index in [1.807, 2.05) is 0 Å². The average molecular weight is 191 g/mol. The van der Waals surface area contributed by atoms with Gasteiger partial charge in [0.05, 0.1) is 0 Å². The molecule has 1 heteroatoms. The highest BCUT2D eigenvalue weighted by Crippen LogP contribution is 2.26. The zero-order valence-electron chi connectivity index (χ0n) is 8.94. The van der Waals surface area contributed by atoms with Gasteiger partial charge in [-0.1, -0.05) is 40.5 Å². The molecule has 74 valence electrons. The van der Waals surface area contributed by atoms with Crippen molar-refractivity contribution in [3.8, 4) is 0 Å². The van der Waals surface area contributed by atoms with Crippen molar-refractivity contribution in [2.24, 2.45) is 17.8 Å². The molecule has 0 aliphatic rings. The molecule has 0 aliphatic heterocycles. The van der Waals surface area contributed by atoms with Crippen LogP contribution in [-0.2, 0) is 0 Å². The fraction of sp³-hybridized carbons (Fsp3) is 1.00. The van der Waals surface area contributed by atoms with Gasteiger partial charge in [0, 0.05) is 5.88 Å². The first-order valence-electron chi connectivity index (χ1n) is 5.21. The Morgan fingerprint density at radius 2 is 1.50 bits per heavy atom. The topological polar surface area (TPSA) is 0 Å². The maximum atomic E-state index is 5.96. The van der Waals surface area contributed by atoms with E-state index < -0.39 is 0 Å². The minimum atomic E-state index is 0.738. The molecule has 0 heterocycles. The molecule has 0 saturated heterocycles. The first-order chi connectivity index (χ1) is 5.65. The Labute approximate surface area is 82.7 Å². The van der Waals surface area contributed by atoms with E-state index in [0.717, 1.165) is 23.6 Å². The molecule has 1 unspecified atom stereocenters. The van der Waals surface area contributed by atoms with Crippen molar-refractivity contribution in [1.29, 1.82) is 0 Å². The van der Waals surface area contributed by atoms with Crippen LogP contribution in [0, 0.1) is 17.8 Å². The molecule has 0 spiro atoms. The highest BCUT2D eigenvalue weighted by molar-refractivity contribution is 6.18. The third-order valence-electron chi connectivity index (χ3n) is 2.69. The van der Waals surface area contributed by atoms with Crippen LogP contribution in [-0.4, -0.2) is 5.88 Å². The maximum absolute atomic E-state index is 5.96. The Hall–Kier alpha value is 0.290. The number of alkyl halides is 1. The molecule has 12 heavy (non-hydrogen) atoms. The van der Waals surface area contributed by atoms with Crippen LogP contribution < -0.4 is 0 Å². The van der Waals surface area contributed by atoms with Crippen LogP contribution in [0.3, 0.4) is 0 Å². The highest BCUT2D eigenvalue weighted by atomic mass is 35.5. The summed E-state index contributed by atoms with van der Waals surface area (Å²) in [6.45, 7) is 9.10. The van der Waals surface area contributed by atoms with E-state index in [-0.39, 0.29) is 0 Å². The van der Waals surface area contributed by atoms with Crippen LogP contribution in [0.4, 0.5) is 0 Å². The molecule has 0 fully saturated rings. The van der Waals surface area contributed by atoms with Crippen molar-refractivity contribution in [3.05, 3.63) is 0 Å². The molecule has 0 saturated carbocycles. The summed E-state index contributed by atoms with van der Waals surface area (Å²) >= 11 is 5.96. The van der Waals surface area contributed by atoms with Gasteiger partial charge in [-0.3, -0.25) is 0 Å². The van der Waals surface area contributed by atoms with E-state index in [9.17, 15) is 0 Å². The Balaban J connectivity index is 3.92. The van der Waals surface area contributed by atoms with Crippen LogP contribution in [0.2, 0.25) is 0 Å². The summed E-state index contributed by atoms with van der Waals surface area (Å²) in [4.78, 5) is 0. The van der Waals surface area contributed by atoms with Gasteiger partial charge in [-0.25, -0.2) is 0 Å². The lowest BCUT2D eigenvalue weighted by Gasteiger charge is -2.24. The van der Waals surface area contributed by atoms with Crippen molar-refractivity contribution in [2.45, 2.75) is 47.0 Å². The van der Waals surface area contributed by atoms with Gasteiger partial charge in [0.15, 0.2) is 0 Å². The summed E-state index contributed by atoms with van der Waals surface area (Å²) in [6, 6.07) is 0. The average Bonchev–Trinajstić information content (AvgIpc) is 2.04. The predicted molar refractivity (Wildman–Crippen MR) is 57.7 cm³/mol. The van der Waals surface area contributed by atoms with Gasteiger partial charge in [-0.2, -0.15) is 0 Å². The predicted octanol–water partition coefficient (Wildman–Crippen LogP) is 4.32. The number of hydrogen-bond donors (Lipinski definition) is 0. The molecule has 0 aromatic heterocycles. The second-order valence-corrected chi connectivity index (χ2v) is 4.43. The van der Waals surface area contributed by atoms with E-state index in [4.69, 9.17) is 11.6 Å². The zero-order valence-corrected chi connectivity index (χ0v) is 9.69. The monoisotopic (exact) mass is 190 g/mol. The molecule has 0 aliphatic carbocycles. The lowest BCUT2D eigenvalue weighted by atomic mass is 9.83. The number of rotatable bonds is 6. The molecule has 0 rings (SSSR count). The minimum absolute atomic E-state index is 0.738. The van der Waals surface area contributed by atoms with E-state index >= 15 is 0 Å². The fourth-order valence-electron chi connectivity index (χ4n) is 1.94. The molecule has 0 aromatic rings. The summed E-state index contributed by atoms with van der Waals surface area (Å²) in [6.07, 6.45) is 3.84. The molecule has 1 atom stereocenters. The maximum Gasteiger partial charge on any atom is 0.0254 e. The molecular weight excluding hydrogens is 168 g/mol. The lowest BCUT2D eigenvalue weighted by molar-refractivity contribution is 0.292. The summed E-state index contributed by atoms with van der Waals surface area (Å²) in [5.41, 5.74) is 0. The number of hydrogen-bond acceptors (Lipinski definition) is 0. The molecule has 0 aromatic carbocycles. The molecular formula is C11H23Cl. The van der Waals surface area contributed by atoms with Crippen LogP contribution in [0.15, 0.2) is 0 Å². The van der Waals surface area contributed by atoms with Crippen LogP contribution in [0.25, 0.3) is 0 Å². The normalized spacial score (nSPS) is 14.2. The first-order valence-corrected chi connectivity index (χ1v) is 5.75. The lowest BCUT2D eigenvalue weighted by Crippen LogP contribution is -2.17. The number of halogens is 1. The summed E-state index contributed by atoms with van der Waals surface area (Å²) in [5.74, 6) is 3.20. The smallest absolute Gasteiger partial charge is 0.0254 e. The second kappa shape index (κ2) is 6.77. The van der Waals surface area contributed by atoms with Gasteiger partial charge in [-0.05, 0) is 24.2 Å². The Bertz CT molecular complexity index is 95.2. The van der Waals surface area contributed by atoms with Gasteiger partial charge < -0.3 is 0 Å². The van der Waals surface area contributed by atoms with Crippen LogP contribution >= 0.6 is 11.6 Å². The Morgan fingerprint density at radius 1 is 1.00 bits per heavy atom. The largest absolute Gasteiger partial charge is 0.126 e. The van der Waals surface area contributed by atoms with E-state index in [2.05, 4.69) is 27.7 Å². The quantitative estimate of drug-likeness (QED) is 0.548. The highest BCUT2D eigenvalue weighted by Gasteiger charge is 2.18. The fourth-order valence-corrected chi connectivity index (χ4v) is 2.32. The van der Waals surface area contributed by atoms with Crippen molar-refractivity contribution in [3.63, 3.8) is 0 Å². The van der Waals surface area contributed by atoms with Crippen molar-refractivity contribution in [1.82, 2.24) is 0 Å². The third kappa shape index (κ3) is 4.35. The van der Waals surface area contributed by atoms with Crippen molar-refractivity contribution >= 4 is 11.6 Å². The SMILES string of the molecule is CCC(CC)C(CCl)CC(C)C. The van der Waals surface area contributed by atoms with Crippen LogP contribution in [0.5, 0.6) is 0 Å².